The average molecular weight is 208 g/mol. The number of hydrogen-bond donors (Lipinski definition) is 1. The molecule has 1 aliphatic rings. The van der Waals surface area contributed by atoms with Crippen LogP contribution in [0.25, 0.3) is 0 Å². The van der Waals surface area contributed by atoms with Crippen LogP contribution in [0.4, 0.5) is 0 Å². The number of carbonyl (C=O) groups excluding carboxylic acids is 1. The van der Waals surface area contributed by atoms with Crippen LogP contribution in [0.15, 0.2) is 24.3 Å². The van der Waals surface area contributed by atoms with Crippen molar-refractivity contribution in [3.63, 3.8) is 0 Å². The van der Waals surface area contributed by atoms with Crippen molar-refractivity contribution in [3.8, 4) is 0 Å². The molecule has 0 aromatic carbocycles. The van der Waals surface area contributed by atoms with E-state index in [9.17, 15) is 4.79 Å². The van der Waals surface area contributed by atoms with Crippen LogP contribution in [-0.4, -0.2) is 36.0 Å². The summed E-state index contributed by atoms with van der Waals surface area (Å²) in [5.41, 5.74) is 0. The lowest BCUT2D eigenvalue weighted by Crippen LogP contribution is -2.55. The van der Waals surface area contributed by atoms with Gasteiger partial charge in [0, 0.05) is 31.2 Å². The second-order valence-electron chi connectivity index (χ2n) is 4.03. The van der Waals surface area contributed by atoms with Crippen LogP contribution in [0.3, 0.4) is 0 Å². The molecule has 3 heteroatoms. The number of carbonyl (C=O) groups is 1. The van der Waals surface area contributed by atoms with E-state index in [0.717, 1.165) is 13.1 Å². The maximum Gasteiger partial charge on any atom is 0.246 e. The van der Waals surface area contributed by atoms with E-state index in [1.165, 1.54) is 0 Å². The largest absolute Gasteiger partial charge is 0.334 e. The Balaban J connectivity index is 2.56. The van der Waals surface area contributed by atoms with E-state index in [0.29, 0.717) is 6.04 Å². The minimum Gasteiger partial charge on any atom is -0.334 e. The number of allylic oxidation sites excluding steroid dienone is 3. The molecule has 2 atom stereocenters. The van der Waals surface area contributed by atoms with Crippen molar-refractivity contribution in [3.05, 3.63) is 24.3 Å². The summed E-state index contributed by atoms with van der Waals surface area (Å²) in [7, 11) is 0. The van der Waals surface area contributed by atoms with E-state index >= 15 is 0 Å². The predicted molar refractivity (Wildman–Crippen MR) is 62.6 cm³/mol. The van der Waals surface area contributed by atoms with Gasteiger partial charge in [0.05, 0.1) is 0 Å². The monoisotopic (exact) mass is 208 g/mol. The van der Waals surface area contributed by atoms with Gasteiger partial charge < -0.3 is 10.2 Å². The van der Waals surface area contributed by atoms with Crippen molar-refractivity contribution in [1.82, 2.24) is 10.2 Å². The van der Waals surface area contributed by atoms with Crippen LogP contribution < -0.4 is 5.32 Å². The van der Waals surface area contributed by atoms with Gasteiger partial charge in [-0.3, -0.25) is 4.79 Å². The Labute approximate surface area is 91.8 Å². The molecule has 1 fully saturated rings. The molecule has 1 saturated heterocycles. The highest BCUT2D eigenvalue weighted by Gasteiger charge is 2.24. The lowest BCUT2D eigenvalue weighted by molar-refractivity contribution is -0.129. The topological polar surface area (TPSA) is 32.3 Å². The van der Waals surface area contributed by atoms with Crippen LogP contribution in [0.2, 0.25) is 0 Å². The third-order valence-corrected chi connectivity index (χ3v) is 2.59. The van der Waals surface area contributed by atoms with Crippen molar-refractivity contribution in [1.29, 1.82) is 0 Å². The Hall–Kier alpha value is -1.09. The highest BCUT2D eigenvalue weighted by Crippen LogP contribution is 2.07. The van der Waals surface area contributed by atoms with E-state index in [1.807, 2.05) is 24.0 Å². The molecule has 0 saturated carbocycles. The van der Waals surface area contributed by atoms with Gasteiger partial charge in [0.2, 0.25) is 5.91 Å². The molecule has 0 aliphatic carbocycles. The zero-order chi connectivity index (χ0) is 11.3. The first-order valence-corrected chi connectivity index (χ1v) is 5.48. The second kappa shape index (κ2) is 5.71. The third kappa shape index (κ3) is 3.51. The van der Waals surface area contributed by atoms with Gasteiger partial charge in [-0.05, 0) is 20.8 Å². The number of hydrogen-bond acceptors (Lipinski definition) is 2. The van der Waals surface area contributed by atoms with Crippen molar-refractivity contribution in [2.75, 3.05) is 13.1 Å². The Kier molecular flexibility index (Phi) is 4.56. The molecule has 1 rings (SSSR count). The molecule has 3 nitrogen and oxygen atoms in total. The van der Waals surface area contributed by atoms with E-state index in [2.05, 4.69) is 19.2 Å². The van der Waals surface area contributed by atoms with Gasteiger partial charge in [-0.1, -0.05) is 18.2 Å². The Morgan fingerprint density at radius 3 is 2.80 bits per heavy atom. The molecule has 0 bridgehead atoms. The number of nitrogens with zero attached hydrogens (tertiary/aromatic N) is 1. The maximum atomic E-state index is 11.8. The smallest absolute Gasteiger partial charge is 0.246 e. The molecule has 0 radical (unpaired) electrons. The molecular formula is C12H20N2O. The summed E-state index contributed by atoms with van der Waals surface area (Å²) in [6.07, 6.45) is 7.21. The van der Waals surface area contributed by atoms with Crippen LogP contribution in [0.5, 0.6) is 0 Å². The zero-order valence-corrected chi connectivity index (χ0v) is 9.73. The molecule has 0 spiro atoms. The molecule has 15 heavy (non-hydrogen) atoms. The quantitative estimate of drug-likeness (QED) is 0.548. The average Bonchev–Trinajstić information content (AvgIpc) is 2.22. The fraction of sp³-hybridized carbons (Fsp3) is 0.583. The van der Waals surface area contributed by atoms with Gasteiger partial charge in [0.15, 0.2) is 0 Å². The summed E-state index contributed by atoms with van der Waals surface area (Å²) in [5.74, 6) is 0.106. The number of nitrogens with one attached hydrogen (secondary N) is 1. The third-order valence-electron chi connectivity index (χ3n) is 2.59. The van der Waals surface area contributed by atoms with Gasteiger partial charge in [-0.2, -0.15) is 0 Å². The first kappa shape index (κ1) is 12.0. The van der Waals surface area contributed by atoms with E-state index in [-0.39, 0.29) is 11.9 Å². The predicted octanol–water partition coefficient (Wildman–Crippen LogP) is 1.33. The molecule has 84 valence electrons. The fourth-order valence-corrected chi connectivity index (χ4v) is 1.67. The van der Waals surface area contributed by atoms with Crippen molar-refractivity contribution >= 4 is 5.91 Å². The van der Waals surface area contributed by atoms with Gasteiger partial charge >= 0.3 is 0 Å². The minimum absolute atomic E-state index is 0.106. The summed E-state index contributed by atoms with van der Waals surface area (Å²) in [6, 6.07) is 0.671. The molecular weight excluding hydrogens is 188 g/mol. The van der Waals surface area contributed by atoms with Crippen LogP contribution >= 0.6 is 0 Å². The van der Waals surface area contributed by atoms with Gasteiger partial charge in [-0.15, -0.1) is 0 Å². The molecule has 0 aromatic rings. The molecule has 1 amide bonds. The van der Waals surface area contributed by atoms with E-state index in [1.54, 1.807) is 12.2 Å². The van der Waals surface area contributed by atoms with E-state index < -0.39 is 0 Å². The van der Waals surface area contributed by atoms with Gasteiger partial charge in [-0.25, -0.2) is 0 Å². The van der Waals surface area contributed by atoms with Crippen molar-refractivity contribution in [2.24, 2.45) is 0 Å². The van der Waals surface area contributed by atoms with Crippen LogP contribution in [0.1, 0.15) is 20.8 Å². The Morgan fingerprint density at radius 2 is 2.13 bits per heavy atom. The number of piperazine rings is 1. The standard InChI is InChI=1S/C12H20N2O/c1-4-5-6-7-12(15)14-9-10(2)13-8-11(14)3/h4-7,10-11,13H,8-9H2,1-3H3/b5-4+,7-6+/t10-,11+/m0/s1. The Bertz CT molecular complexity index is 271. The molecule has 0 aromatic heterocycles. The summed E-state index contributed by atoms with van der Waals surface area (Å²) in [5, 5.41) is 3.35. The summed E-state index contributed by atoms with van der Waals surface area (Å²) in [6.45, 7) is 7.77. The normalized spacial score (nSPS) is 27.8. The van der Waals surface area contributed by atoms with E-state index in [4.69, 9.17) is 0 Å². The van der Waals surface area contributed by atoms with Gasteiger partial charge in [0.25, 0.3) is 0 Å². The minimum atomic E-state index is 0.106. The Morgan fingerprint density at radius 1 is 1.40 bits per heavy atom. The highest BCUT2D eigenvalue weighted by atomic mass is 16.2. The lowest BCUT2D eigenvalue weighted by atomic mass is 10.1. The second-order valence-corrected chi connectivity index (χ2v) is 4.03. The first-order valence-electron chi connectivity index (χ1n) is 5.48. The molecule has 0 unspecified atom stereocenters. The molecule has 1 N–H and O–H groups in total. The SMILES string of the molecule is C/C=C/C=C/C(=O)N1C[C@H](C)NC[C@H]1C. The molecule has 1 aliphatic heterocycles. The summed E-state index contributed by atoms with van der Waals surface area (Å²) < 4.78 is 0. The zero-order valence-electron chi connectivity index (χ0n) is 9.73. The summed E-state index contributed by atoms with van der Waals surface area (Å²) >= 11 is 0. The number of amides is 1. The van der Waals surface area contributed by atoms with Gasteiger partial charge in [0.1, 0.15) is 0 Å². The fourth-order valence-electron chi connectivity index (χ4n) is 1.67. The van der Waals surface area contributed by atoms with Crippen LogP contribution in [0, 0.1) is 0 Å². The first-order chi connectivity index (χ1) is 7.15. The van der Waals surface area contributed by atoms with Crippen LogP contribution in [-0.2, 0) is 4.79 Å². The highest BCUT2D eigenvalue weighted by molar-refractivity contribution is 5.88. The lowest BCUT2D eigenvalue weighted by Gasteiger charge is -2.36. The summed E-state index contributed by atoms with van der Waals surface area (Å²) in [4.78, 5) is 13.7. The number of rotatable bonds is 2. The van der Waals surface area contributed by atoms with Crippen molar-refractivity contribution in [2.45, 2.75) is 32.9 Å². The van der Waals surface area contributed by atoms with Crippen molar-refractivity contribution < 1.29 is 4.79 Å². The molecule has 1 heterocycles. The maximum absolute atomic E-state index is 11.8.